The van der Waals surface area contributed by atoms with Gasteiger partial charge >= 0.3 is 0 Å². The summed E-state index contributed by atoms with van der Waals surface area (Å²) in [6.45, 7) is 3.31. The van der Waals surface area contributed by atoms with Gasteiger partial charge in [-0.15, -0.1) is 6.58 Å². The quantitative estimate of drug-likeness (QED) is 0.335. The van der Waals surface area contributed by atoms with Gasteiger partial charge in [-0.25, -0.2) is 0 Å². The number of allylic oxidation sites excluding steroid dienone is 1. The fourth-order valence-electron chi connectivity index (χ4n) is 0.570. The zero-order valence-electron chi connectivity index (χ0n) is 6.18. The minimum atomic E-state index is -0.925. The molecule has 2 N–H and O–H groups in total. The molecule has 2 atom stereocenters. The first kappa shape index (κ1) is 10.1. The Labute approximate surface area is 65.7 Å². The Bertz CT molecular complexity index is 151. The van der Waals surface area contributed by atoms with Gasteiger partial charge in [0.2, 0.25) is 0 Å². The summed E-state index contributed by atoms with van der Waals surface area (Å²) in [7, 11) is 0. The third kappa shape index (κ3) is 4.47. The van der Waals surface area contributed by atoms with Crippen LogP contribution >= 0.6 is 0 Å². The highest BCUT2D eigenvalue weighted by molar-refractivity contribution is 5.64. The van der Waals surface area contributed by atoms with E-state index < -0.39 is 12.2 Å². The molecule has 2 unspecified atom stereocenters. The zero-order chi connectivity index (χ0) is 8.69. The number of aliphatic hydroxyl groups excluding tert-OH is 2. The summed E-state index contributed by atoms with van der Waals surface area (Å²) in [5.74, 6) is 0. The summed E-state index contributed by atoms with van der Waals surface area (Å²) in [4.78, 5) is 9.77. The lowest BCUT2D eigenvalue weighted by Gasteiger charge is -2.10. The van der Waals surface area contributed by atoms with Crippen molar-refractivity contribution in [2.45, 2.75) is 18.6 Å². The van der Waals surface area contributed by atoms with E-state index in [1.54, 1.807) is 0 Å². The van der Waals surface area contributed by atoms with Crippen LogP contribution in [0.25, 0.3) is 0 Å². The van der Waals surface area contributed by atoms with Gasteiger partial charge in [0.05, 0.1) is 12.2 Å². The molecule has 0 rings (SSSR count). The molecule has 0 bridgehead atoms. The maximum absolute atomic E-state index is 9.77. The molecule has 0 radical (unpaired) electrons. The SMILES string of the molecule is C=CC(O)C(O)C/C=C/C=O. The van der Waals surface area contributed by atoms with E-state index >= 15 is 0 Å². The van der Waals surface area contributed by atoms with Crippen molar-refractivity contribution >= 4 is 6.29 Å². The molecule has 0 aliphatic carbocycles. The Balaban J connectivity index is 3.67. The fourth-order valence-corrected chi connectivity index (χ4v) is 0.570. The van der Waals surface area contributed by atoms with E-state index in [4.69, 9.17) is 10.2 Å². The molecule has 62 valence electrons. The van der Waals surface area contributed by atoms with E-state index in [1.807, 2.05) is 0 Å². The molecular weight excluding hydrogens is 144 g/mol. The van der Waals surface area contributed by atoms with Gasteiger partial charge < -0.3 is 10.2 Å². The van der Waals surface area contributed by atoms with Gasteiger partial charge in [-0.05, 0) is 12.5 Å². The van der Waals surface area contributed by atoms with Crippen molar-refractivity contribution in [1.82, 2.24) is 0 Å². The molecule has 0 saturated carbocycles. The lowest BCUT2D eigenvalue weighted by molar-refractivity contribution is -0.104. The molecule has 3 heteroatoms. The first-order valence-corrected chi connectivity index (χ1v) is 3.31. The molecule has 0 spiro atoms. The van der Waals surface area contributed by atoms with E-state index in [-0.39, 0.29) is 6.42 Å². The monoisotopic (exact) mass is 156 g/mol. The summed E-state index contributed by atoms with van der Waals surface area (Å²) in [5.41, 5.74) is 0. The highest BCUT2D eigenvalue weighted by Gasteiger charge is 2.09. The molecule has 0 aromatic heterocycles. The second kappa shape index (κ2) is 5.82. The van der Waals surface area contributed by atoms with Crippen LogP contribution in [-0.4, -0.2) is 28.7 Å². The highest BCUT2D eigenvalue weighted by Crippen LogP contribution is 1.99. The van der Waals surface area contributed by atoms with Crippen molar-refractivity contribution < 1.29 is 15.0 Å². The van der Waals surface area contributed by atoms with Crippen LogP contribution in [0.15, 0.2) is 24.8 Å². The van der Waals surface area contributed by atoms with Crippen LogP contribution in [-0.2, 0) is 4.79 Å². The molecule has 0 heterocycles. The lowest BCUT2D eigenvalue weighted by atomic mass is 10.1. The number of carbonyl (C=O) groups excluding carboxylic acids is 1. The lowest BCUT2D eigenvalue weighted by Crippen LogP contribution is -2.22. The Hall–Kier alpha value is -0.930. The van der Waals surface area contributed by atoms with Gasteiger partial charge in [0, 0.05) is 0 Å². The van der Waals surface area contributed by atoms with Crippen molar-refractivity contribution in [2.75, 3.05) is 0 Å². The van der Waals surface area contributed by atoms with Crippen molar-refractivity contribution in [3.8, 4) is 0 Å². The number of rotatable bonds is 5. The maximum atomic E-state index is 9.77. The number of aldehydes is 1. The number of hydrogen-bond acceptors (Lipinski definition) is 3. The smallest absolute Gasteiger partial charge is 0.142 e. The first-order chi connectivity index (χ1) is 5.22. The second-order valence-electron chi connectivity index (χ2n) is 2.09. The summed E-state index contributed by atoms with van der Waals surface area (Å²) in [5, 5.41) is 18.0. The second-order valence-corrected chi connectivity index (χ2v) is 2.09. The summed E-state index contributed by atoms with van der Waals surface area (Å²) >= 11 is 0. The fraction of sp³-hybridized carbons (Fsp3) is 0.375. The minimum absolute atomic E-state index is 0.256. The van der Waals surface area contributed by atoms with E-state index in [2.05, 4.69) is 6.58 Å². The molecule has 0 aliphatic rings. The first-order valence-electron chi connectivity index (χ1n) is 3.31. The van der Waals surface area contributed by atoms with Gasteiger partial charge in [-0.2, -0.15) is 0 Å². The molecule has 3 nitrogen and oxygen atoms in total. The average molecular weight is 156 g/mol. The standard InChI is InChI=1S/C8H12O3/c1-2-7(10)8(11)5-3-4-6-9/h2-4,6-8,10-11H,1,5H2/b4-3+. The van der Waals surface area contributed by atoms with Crippen LogP contribution in [0.2, 0.25) is 0 Å². The number of aliphatic hydroxyl groups is 2. The van der Waals surface area contributed by atoms with Crippen molar-refractivity contribution in [1.29, 1.82) is 0 Å². The van der Waals surface area contributed by atoms with Crippen LogP contribution in [0.1, 0.15) is 6.42 Å². The van der Waals surface area contributed by atoms with E-state index in [1.165, 1.54) is 18.2 Å². The van der Waals surface area contributed by atoms with E-state index in [0.717, 1.165) is 0 Å². The molecule has 11 heavy (non-hydrogen) atoms. The van der Waals surface area contributed by atoms with Gasteiger partial charge in [-0.3, -0.25) is 4.79 Å². The molecule has 0 saturated heterocycles. The van der Waals surface area contributed by atoms with Crippen LogP contribution < -0.4 is 0 Å². The number of carbonyl (C=O) groups is 1. The Morgan fingerprint density at radius 1 is 1.45 bits per heavy atom. The normalized spacial score (nSPS) is 16.2. The zero-order valence-corrected chi connectivity index (χ0v) is 6.18. The topological polar surface area (TPSA) is 57.5 Å². The van der Waals surface area contributed by atoms with Crippen LogP contribution in [0.3, 0.4) is 0 Å². The molecule has 0 aromatic carbocycles. The Morgan fingerprint density at radius 3 is 2.55 bits per heavy atom. The largest absolute Gasteiger partial charge is 0.390 e. The minimum Gasteiger partial charge on any atom is -0.390 e. The summed E-state index contributed by atoms with van der Waals surface area (Å²) in [6.07, 6.45) is 3.09. The van der Waals surface area contributed by atoms with Crippen LogP contribution in [0.4, 0.5) is 0 Å². The van der Waals surface area contributed by atoms with Gasteiger partial charge in [0.1, 0.15) is 6.29 Å². The molecule has 0 aliphatic heterocycles. The summed E-state index contributed by atoms with van der Waals surface area (Å²) in [6, 6.07) is 0. The Kier molecular flexibility index (Phi) is 5.33. The number of hydrogen-bond donors (Lipinski definition) is 2. The molecule has 0 amide bonds. The molecule has 0 fully saturated rings. The predicted molar refractivity (Wildman–Crippen MR) is 42.0 cm³/mol. The van der Waals surface area contributed by atoms with E-state index in [9.17, 15) is 4.79 Å². The van der Waals surface area contributed by atoms with Crippen molar-refractivity contribution in [2.24, 2.45) is 0 Å². The van der Waals surface area contributed by atoms with E-state index in [0.29, 0.717) is 6.29 Å². The third-order valence-corrected chi connectivity index (χ3v) is 1.23. The third-order valence-electron chi connectivity index (χ3n) is 1.23. The van der Waals surface area contributed by atoms with Crippen molar-refractivity contribution in [3.05, 3.63) is 24.8 Å². The van der Waals surface area contributed by atoms with Gasteiger partial charge in [-0.1, -0.05) is 12.2 Å². The predicted octanol–water partition coefficient (Wildman–Crippen LogP) is 0.0394. The highest BCUT2D eigenvalue weighted by atomic mass is 16.3. The molecule has 0 aromatic rings. The van der Waals surface area contributed by atoms with Crippen LogP contribution in [0, 0.1) is 0 Å². The molecular formula is C8H12O3. The van der Waals surface area contributed by atoms with Crippen LogP contribution in [0.5, 0.6) is 0 Å². The van der Waals surface area contributed by atoms with Gasteiger partial charge in [0.25, 0.3) is 0 Å². The maximum Gasteiger partial charge on any atom is 0.142 e. The Morgan fingerprint density at radius 2 is 2.09 bits per heavy atom. The van der Waals surface area contributed by atoms with Gasteiger partial charge in [0.15, 0.2) is 0 Å². The van der Waals surface area contributed by atoms with Crippen molar-refractivity contribution in [3.63, 3.8) is 0 Å². The summed E-state index contributed by atoms with van der Waals surface area (Å²) < 4.78 is 0. The average Bonchev–Trinajstić information content (AvgIpc) is 2.03.